The molecular weight excluding hydrogens is 396 g/mol. The fourth-order valence-electron chi connectivity index (χ4n) is 4.63. The minimum Gasteiger partial charge on any atom is -0.448 e. The summed E-state index contributed by atoms with van der Waals surface area (Å²) in [6.07, 6.45) is 1.39. The Kier molecular flexibility index (Phi) is 4.69. The van der Waals surface area contributed by atoms with Gasteiger partial charge in [-0.2, -0.15) is 0 Å². The van der Waals surface area contributed by atoms with Gasteiger partial charge >= 0.3 is 6.09 Å². The molecule has 154 valence electrons. The summed E-state index contributed by atoms with van der Waals surface area (Å²) in [5.74, 6) is 0.0427. The minimum absolute atomic E-state index is 0.0388. The molecule has 0 aromatic heterocycles. The number of thioether (sulfide) groups is 1. The number of hydrogen-bond acceptors (Lipinski definition) is 5. The first-order valence-corrected chi connectivity index (χ1v) is 11.2. The number of carbonyl (C=O) groups is 2. The molecule has 3 aliphatic rings. The van der Waals surface area contributed by atoms with Gasteiger partial charge in [0.2, 0.25) is 5.12 Å². The van der Waals surface area contributed by atoms with Gasteiger partial charge in [0.05, 0.1) is 11.1 Å². The van der Waals surface area contributed by atoms with Gasteiger partial charge in [-0.25, -0.2) is 4.79 Å². The van der Waals surface area contributed by atoms with Crippen molar-refractivity contribution >= 4 is 28.0 Å². The first kappa shape index (κ1) is 19.4. The molecule has 1 fully saturated rings. The summed E-state index contributed by atoms with van der Waals surface area (Å²) in [4.78, 5) is 31.5. The van der Waals surface area contributed by atoms with Gasteiger partial charge in [0, 0.05) is 12.5 Å². The van der Waals surface area contributed by atoms with E-state index in [9.17, 15) is 9.59 Å². The molecular formula is C24H24N2O3S. The Morgan fingerprint density at radius 2 is 1.77 bits per heavy atom. The molecule has 1 saturated heterocycles. The molecule has 0 radical (unpaired) electrons. The fourth-order valence-corrected chi connectivity index (χ4v) is 5.77. The van der Waals surface area contributed by atoms with Gasteiger partial charge in [-0.1, -0.05) is 48.5 Å². The van der Waals surface area contributed by atoms with Crippen LogP contribution in [0.1, 0.15) is 43.7 Å². The number of fused-ring (bicyclic) bond motifs is 3. The van der Waals surface area contributed by atoms with Crippen LogP contribution in [0.2, 0.25) is 0 Å². The van der Waals surface area contributed by atoms with Crippen molar-refractivity contribution in [2.24, 2.45) is 4.99 Å². The molecule has 5 nitrogen and oxygen atoms in total. The first-order valence-electron chi connectivity index (χ1n) is 10.4. The lowest BCUT2D eigenvalue weighted by atomic mass is 9.98. The Hall–Kier alpha value is -2.60. The minimum atomic E-state index is -0.713. The number of benzene rings is 2. The summed E-state index contributed by atoms with van der Waals surface area (Å²) < 4.78 is 5.83. The van der Waals surface area contributed by atoms with E-state index in [1.165, 1.54) is 34.0 Å². The molecule has 1 aliphatic carbocycles. The average Bonchev–Trinajstić information content (AvgIpc) is 3.41. The van der Waals surface area contributed by atoms with Crippen molar-refractivity contribution in [3.05, 3.63) is 59.7 Å². The predicted octanol–water partition coefficient (Wildman–Crippen LogP) is 4.85. The van der Waals surface area contributed by atoms with E-state index in [4.69, 9.17) is 4.74 Å². The van der Waals surface area contributed by atoms with E-state index in [0.717, 1.165) is 17.9 Å². The first-order chi connectivity index (χ1) is 14.5. The van der Waals surface area contributed by atoms with Crippen molar-refractivity contribution in [1.29, 1.82) is 0 Å². The molecule has 1 atom stereocenters. The molecule has 5 rings (SSSR count). The van der Waals surface area contributed by atoms with Gasteiger partial charge in [0.25, 0.3) is 0 Å². The van der Waals surface area contributed by atoms with Crippen LogP contribution < -0.4 is 0 Å². The highest BCUT2D eigenvalue weighted by atomic mass is 32.2. The van der Waals surface area contributed by atoms with E-state index in [-0.39, 0.29) is 23.2 Å². The second-order valence-electron chi connectivity index (χ2n) is 8.55. The summed E-state index contributed by atoms with van der Waals surface area (Å²) in [6, 6.07) is 16.5. The van der Waals surface area contributed by atoms with E-state index in [1.807, 2.05) is 38.1 Å². The van der Waals surface area contributed by atoms with Crippen LogP contribution in [0.3, 0.4) is 0 Å². The van der Waals surface area contributed by atoms with Crippen LogP contribution in [0.15, 0.2) is 53.5 Å². The highest BCUT2D eigenvalue weighted by Crippen LogP contribution is 2.44. The van der Waals surface area contributed by atoms with Gasteiger partial charge < -0.3 is 4.74 Å². The lowest BCUT2D eigenvalue weighted by Gasteiger charge is -2.24. The van der Waals surface area contributed by atoms with Crippen LogP contribution in [0.4, 0.5) is 4.79 Å². The Bertz CT molecular complexity index is 1020. The highest BCUT2D eigenvalue weighted by Gasteiger charge is 2.43. The van der Waals surface area contributed by atoms with Gasteiger partial charge in [0.1, 0.15) is 12.1 Å². The maximum absolute atomic E-state index is 13.0. The fraction of sp³-hybridized carbons (Fsp3) is 0.375. The number of nitrogens with zero attached hydrogens (tertiary/aromatic N) is 2. The molecule has 0 spiro atoms. The molecule has 0 bridgehead atoms. The smallest absolute Gasteiger partial charge is 0.410 e. The van der Waals surface area contributed by atoms with E-state index < -0.39 is 5.54 Å². The Labute approximate surface area is 180 Å². The molecule has 2 aliphatic heterocycles. The molecule has 2 aromatic carbocycles. The number of aliphatic imine (C=N–C) groups is 1. The number of hydrogen-bond donors (Lipinski definition) is 0. The molecule has 0 N–H and O–H groups in total. The molecule has 6 heteroatoms. The van der Waals surface area contributed by atoms with Crippen LogP contribution in [-0.4, -0.2) is 45.9 Å². The zero-order valence-electron chi connectivity index (χ0n) is 17.1. The average molecular weight is 421 g/mol. The monoisotopic (exact) mass is 420 g/mol. The molecule has 0 unspecified atom stereocenters. The van der Waals surface area contributed by atoms with Crippen molar-refractivity contribution < 1.29 is 14.3 Å². The van der Waals surface area contributed by atoms with Crippen LogP contribution in [0.25, 0.3) is 11.1 Å². The van der Waals surface area contributed by atoms with Gasteiger partial charge in [-0.05, 0) is 60.7 Å². The van der Waals surface area contributed by atoms with Crippen LogP contribution in [-0.2, 0) is 9.53 Å². The van der Waals surface area contributed by atoms with E-state index in [0.29, 0.717) is 13.2 Å². The summed E-state index contributed by atoms with van der Waals surface area (Å²) >= 11 is 1.18. The molecule has 30 heavy (non-hydrogen) atoms. The molecule has 1 amide bonds. The molecule has 2 aromatic rings. The SMILES string of the molecule is CC1(C)N=C([C@H]2CCCN2C(=O)OCC2c3ccccc3-c3ccccc32)SC1=O. The predicted molar refractivity (Wildman–Crippen MR) is 119 cm³/mol. The highest BCUT2D eigenvalue weighted by molar-refractivity contribution is 8.27. The van der Waals surface area contributed by atoms with Crippen molar-refractivity contribution in [3.8, 4) is 11.1 Å². The van der Waals surface area contributed by atoms with Crippen LogP contribution in [0, 0.1) is 0 Å². The van der Waals surface area contributed by atoms with E-state index in [1.54, 1.807) is 4.90 Å². The maximum Gasteiger partial charge on any atom is 0.410 e. The number of carbonyl (C=O) groups excluding carboxylic acids is 2. The Morgan fingerprint density at radius 3 is 2.37 bits per heavy atom. The summed E-state index contributed by atoms with van der Waals surface area (Å²) in [5.41, 5.74) is 4.12. The lowest BCUT2D eigenvalue weighted by molar-refractivity contribution is -0.114. The van der Waals surface area contributed by atoms with Crippen molar-refractivity contribution in [2.45, 2.75) is 44.2 Å². The van der Waals surface area contributed by atoms with E-state index >= 15 is 0 Å². The number of likely N-dealkylation sites (tertiary alicyclic amines) is 1. The summed E-state index contributed by atoms with van der Waals surface area (Å²) in [5, 5.41) is 0.785. The third kappa shape index (κ3) is 3.14. The van der Waals surface area contributed by atoms with Crippen LogP contribution >= 0.6 is 11.8 Å². The number of ether oxygens (including phenoxy) is 1. The lowest BCUT2D eigenvalue weighted by Crippen LogP contribution is -2.40. The normalized spacial score (nSPS) is 22.1. The van der Waals surface area contributed by atoms with Crippen molar-refractivity contribution in [1.82, 2.24) is 4.90 Å². The Balaban J connectivity index is 1.33. The van der Waals surface area contributed by atoms with E-state index in [2.05, 4.69) is 29.3 Å². The molecule has 2 heterocycles. The third-order valence-corrected chi connectivity index (χ3v) is 7.45. The third-order valence-electron chi connectivity index (χ3n) is 6.19. The zero-order valence-corrected chi connectivity index (χ0v) is 17.9. The van der Waals surface area contributed by atoms with Gasteiger partial charge in [0.15, 0.2) is 0 Å². The van der Waals surface area contributed by atoms with Crippen molar-refractivity contribution in [3.63, 3.8) is 0 Å². The summed E-state index contributed by atoms with van der Waals surface area (Å²) in [7, 11) is 0. The second kappa shape index (κ2) is 7.27. The second-order valence-corrected chi connectivity index (χ2v) is 9.55. The zero-order chi connectivity index (χ0) is 20.9. The number of amides is 1. The van der Waals surface area contributed by atoms with Gasteiger partial charge in [-0.15, -0.1) is 0 Å². The Morgan fingerprint density at radius 1 is 1.13 bits per heavy atom. The number of rotatable bonds is 3. The van der Waals surface area contributed by atoms with Crippen LogP contribution in [0.5, 0.6) is 0 Å². The standard InChI is InChI=1S/C24H24N2O3S/c1-24(2)22(27)30-21(25-24)20-12-7-13-26(20)23(28)29-14-19-17-10-5-3-8-15(17)16-9-4-6-11-18(16)19/h3-6,8-11,19-20H,7,12-14H2,1-2H3/t20-/m1/s1. The maximum atomic E-state index is 13.0. The molecule has 0 saturated carbocycles. The topological polar surface area (TPSA) is 59.0 Å². The summed E-state index contributed by atoms with van der Waals surface area (Å²) in [6.45, 7) is 4.58. The quantitative estimate of drug-likeness (QED) is 0.712. The largest absolute Gasteiger partial charge is 0.448 e. The van der Waals surface area contributed by atoms with Gasteiger partial charge in [-0.3, -0.25) is 14.7 Å². The van der Waals surface area contributed by atoms with Crippen molar-refractivity contribution in [2.75, 3.05) is 13.2 Å².